The van der Waals surface area contributed by atoms with Crippen LogP contribution in [-0.4, -0.2) is 30.1 Å². The van der Waals surface area contributed by atoms with Crippen molar-refractivity contribution >= 4 is 21.6 Å². The van der Waals surface area contributed by atoms with Gasteiger partial charge in [-0.3, -0.25) is 9.89 Å². The summed E-state index contributed by atoms with van der Waals surface area (Å²) in [7, 11) is -3.68. The van der Waals surface area contributed by atoms with Gasteiger partial charge in [0.2, 0.25) is 10.0 Å². The Balaban J connectivity index is 1.94. The molecule has 2 rings (SSSR count). The number of aromatic amines is 2. The molecule has 0 radical (unpaired) electrons. The van der Waals surface area contributed by atoms with Gasteiger partial charge in [0.1, 0.15) is 5.02 Å². The number of pyridine rings is 1. The minimum Gasteiger partial charge on any atom is -0.326 e. The first-order chi connectivity index (χ1) is 9.90. The summed E-state index contributed by atoms with van der Waals surface area (Å²) >= 11 is 5.62. The van der Waals surface area contributed by atoms with Gasteiger partial charge in [-0.05, 0) is 31.4 Å². The fraction of sp³-hybridized carbons (Fsp3) is 0.333. The third kappa shape index (κ3) is 3.93. The van der Waals surface area contributed by atoms with E-state index in [0.29, 0.717) is 6.42 Å². The molecule has 0 aromatic carbocycles. The van der Waals surface area contributed by atoms with Crippen LogP contribution in [0.3, 0.4) is 0 Å². The molecule has 0 atom stereocenters. The molecule has 0 amide bonds. The van der Waals surface area contributed by atoms with Crippen LogP contribution in [0, 0.1) is 6.92 Å². The molecule has 0 saturated heterocycles. The summed E-state index contributed by atoms with van der Waals surface area (Å²) in [4.78, 5) is 13.3. The first kappa shape index (κ1) is 15.7. The van der Waals surface area contributed by atoms with E-state index in [0.717, 1.165) is 29.9 Å². The number of hydrogen-bond donors (Lipinski definition) is 3. The lowest BCUT2D eigenvalue weighted by Crippen LogP contribution is -2.26. The summed E-state index contributed by atoms with van der Waals surface area (Å²) in [6.45, 7) is 2.19. The van der Waals surface area contributed by atoms with E-state index in [1.807, 2.05) is 6.92 Å². The Morgan fingerprint density at radius 1 is 1.43 bits per heavy atom. The largest absolute Gasteiger partial charge is 0.326 e. The topological polar surface area (TPSA) is 108 Å². The van der Waals surface area contributed by atoms with E-state index in [1.54, 1.807) is 6.20 Å². The maximum absolute atomic E-state index is 12.0. The quantitative estimate of drug-likeness (QED) is 0.686. The standard InChI is InChI=1S/C12H15ClN4O3S/c1-8-9(6-15-17-8)3-2-4-16-21(19,20)10-5-11(13)12(18)14-7-10/h5-7,16H,2-4H2,1H3,(H,14,18)(H,15,17). The summed E-state index contributed by atoms with van der Waals surface area (Å²) in [5.41, 5.74) is 1.51. The second-order valence-electron chi connectivity index (χ2n) is 4.53. The van der Waals surface area contributed by atoms with Crippen molar-refractivity contribution < 1.29 is 8.42 Å². The Labute approximate surface area is 126 Å². The third-order valence-electron chi connectivity index (χ3n) is 2.99. The Morgan fingerprint density at radius 3 is 2.81 bits per heavy atom. The van der Waals surface area contributed by atoms with E-state index >= 15 is 0 Å². The molecular formula is C12H15ClN4O3S. The summed E-state index contributed by atoms with van der Waals surface area (Å²) < 4.78 is 26.5. The van der Waals surface area contributed by atoms with Gasteiger partial charge in [-0.1, -0.05) is 11.6 Å². The van der Waals surface area contributed by atoms with Crippen LogP contribution in [0.25, 0.3) is 0 Å². The Kier molecular flexibility index (Phi) is 4.81. The molecule has 7 nitrogen and oxygen atoms in total. The number of rotatable bonds is 6. The van der Waals surface area contributed by atoms with Crippen LogP contribution in [0.1, 0.15) is 17.7 Å². The molecule has 0 fully saturated rings. The van der Waals surface area contributed by atoms with E-state index in [1.165, 1.54) is 0 Å². The monoisotopic (exact) mass is 330 g/mol. The lowest BCUT2D eigenvalue weighted by atomic mass is 10.1. The maximum atomic E-state index is 12.0. The Hall–Kier alpha value is -1.64. The molecule has 114 valence electrons. The predicted molar refractivity (Wildman–Crippen MR) is 78.9 cm³/mol. The van der Waals surface area contributed by atoms with E-state index in [9.17, 15) is 13.2 Å². The van der Waals surface area contributed by atoms with Crippen molar-refractivity contribution in [3.63, 3.8) is 0 Å². The van der Waals surface area contributed by atoms with Crippen molar-refractivity contribution in [2.24, 2.45) is 0 Å². The summed E-state index contributed by atoms with van der Waals surface area (Å²) in [5.74, 6) is 0. The van der Waals surface area contributed by atoms with Gasteiger partial charge < -0.3 is 4.98 Å². The number of aromatic nitrogens is 3. The number of nitrogens with one attached hydrogen (secondary N) is 3. The van der Waals surface area contributed by atoms with Crippen molar-refractivity contribution in [1.82, 2.24) is 19.9 Å². The van der Waals surface area contributed by atoms with E-state index in [2.05, 4.69) is 19.9 Å². The van der Waals surface area contributed by atoms with Crippen LogP contribution in [0.4, 0.5) is 0 Å². The van der Waals surface area contributed by atoms with Gasteiger partial charge in [-0.25, -0.2) is 13.1 Å². The molecule has 3 N–H and O–H groups in total. The van der Waals surface area contributed by atoms with E-state index < -0.39 is 15.6 Å². The van der Waals surface area contributed by atoms with Crippen molar-refractivity contribution in [3.8, 4) is 0 Å². The fourth-order valence-corrected chi connectivity index (χ4v) is 3.09. The average molecular weight is 331 g/mol. The number of hydrogen-bond acceptors (Lipinski definition) is 4. The second kappa shape index (κ2) is 6.42. The SMILES string of the molecule is Cc1[nH]ncc1CCCNS(=O)(=O)c1c[nH]c(=O)c(Cl)c1. The molecule has 0 saturated carbocycles. The summed E-state index contributed by atoms with van der Waals surface area (Å²) in [6.07, 6.45) is 4.20. The minimum absolute atomic E-state index is 0.0633. The first-order valence-corrected chi connectivity index (χ1v) is 8.13. The van der Waals surface area contributed by atoms with Gasteiger partial charge >= 0.3 is 0 Å². The Bertz CT molecular complexity index is 782. The third-order valence-corrected chi connectivity index (χ3v) is 4.71. The molecular weight excluding hydrogens is 316 g/mol. The normalized spacial score (nSPS) is 11.7. The highest BCUT2D eigenvalue weighted by atomic mass is 35.5. The highest BCUT2D eigenvalue weighted by Crippen LogP contribution is 2.11. The zero-order valence-electron chi connectivity index (χ0n) is 11.3. The first-order valence-electron chi connectivity index (χ1n) is 6.27. The number of sulfonamides is 1. The molecule has 2 heterocycles. The van der Waals surface area contributed by atoms with Gasteiger partial charge in [-0.2, -0.15) is 5.10 Å². The van der Waals surface area contributed by atoms with Gasteiger partial charge in [0.25, 0.3) is 5.56 Å². The number of aryl methyl sites for hydroxylation is 2. The summed E-state index contributed by atoms with van der Waals surface area (Å²) in [5, 5.41) is 6.57. The highest BCUT2D eigenvalue weighted by Gasteiger charge is 2.15. The van der Waals surface area contributed by atoms with E-state index in [-0.39, 0.29) is 16.5 Å². The average Bonchev–Trinajstić information content (AvgIpc) is 2.83. The molecule has 21 heavy (non-hydrogen) atoms. The number of H-pyrrole nitrogens is 2. The van der Waals surface area contributed by atoms with E-state index in [4.69, 9.17) is 11.6 Å². The molecule has 2 aromatic heterocycles. The van der Waals surface area contributed by atoms with Crippen LogP contribution in [0.15, 0.2) is 28.2 Å². The van der Waals surface area contributed by atoms with Crippen molar-refractivity contribution in [2.75, 3.05) is 6.54 Å². The van der Waals surface area contributed by atoms with Crippen LogP contribution < -0.4 is 10.3 Å². The van der Waals surface area contributed by atoms with Crippen LogP contribution in [-0.2, 0) is 16.4 Å². The second-order valence-corrected chi connectivity index (χ2v) is 6.71. The molecule has 0 unspecified atom stereocenters. The summed E-state index contributed by atoms with van der Waals surface area (Å²) in [6, 6.07) is 1.13. The smallest absolute Gasteiger partial charge is 0.266 e. The van der Waals surface area contributed by atoms with Crippen molar-refractivity contribution in [2.45, 2.75) is 24.7 Å². The molecule has 2 aromatic rings. The Morgan fingerprint density at radius 2 is 2.19 bits per heavy atom. The molecule has 0 aliphatic carbocycles. The highest BCUT2D eigenvalue weighted by molar-refractivity contribution is 7.89. The molecule has 0 bridgehead atoms. The maximum Gasteiger partial charge on any atom is 0.266 e. The zero-order valence-corrected chi connectivity index (χ0v) is 12.9. The predicted octanol–water partition coefficient (Wildman–Crippen LogP) is 0.971. The van der Waals surface area contributed by atoms with Crippen LogP contribution in [0.2, 0.25) is 5.02 Å². The van der Waals surface area contributed by atoms with Gasteiger partial charge in [0.15, 0.2) is 0 Å². The molecule has 9 heteroatoms. The van der Waals surface area contributed by atoms with Crippen LogP contribution in [0.5, 0.6) is 0 Å². The van der Waals surface area contributed by atoms with Crippen molar-refractivity contribution in [1.29, 1.82) is 0 Å². The minimum atomic E-state index is -3.68. The lowest BCUT2D eigenvalue weighted by molar-refractivity contribution is 0.578. The zero-order chi connectivity index (χ0) is 15.5. The van der Waals surface area contributed by atoms with Crippen LogP contribution >= 0.6 is 11.6 Å². The molecule has 0 spiro atoms. The molecule has 0 aliphatic heterocycles. The van der Waals surface area contributed by atoms with Gasteiger partial charge in [-0.15, -0.1) is 0 Å². The number of nitrogens with zero attached hydrogens (tertiary/aromatic N) is 1. The lowest BCUT2D eigenvalue weighted by Gasteiger charge is -2.06. The van der Waals surface area contributed by atoms with Gasteiger partial charge in [0.05, 0.1) is 11.1 Å². The fourth-order valence-electron chi connectivity index (χ4n) is 1.79. The number of halogens is 1. The van der Waals surface area contributed by atoms with Gasteiger partial charge in [0, 0.05) is 18.4 Å². The molecule has 0 aliphatic rings. The van der Waals surface area contributed by atoms with Crippen molar-refractivity contribution in [3.05, 3.63) is 45.1 Å².